The fourth-order valence-corrected chi connectivity index (χ4v) is 12.2. The van der Waals surface area contributed by atoms with E-state index in [1.807, 2.05) is 0 Å². The molecule has 16 N–H and O–H groups in total. The standard InChI is InChI=1S/C54H77N13O19S4/c1-26(69)42-45(77)44(76)36(21-87)57-24-89-90-25-58-37(22-88)51(83)60-31(11-13-40(72)73)46(78)59-32(12-14-41(74)75)47(79)62-34(18-29-19-55-23-56-29)49(81)61-33(17-28-7-9-30(71)10-8-28)48(80)63-35(20-68)50(82)65-43(27(2)70)54(86)67-16-4-6-39(67)53(85)66-15-3-5-38(66)52(84)64-42/h7-10,19,23,26-27,31-39,42-43,57-58,68-71,87-88H,3-6,11-18,20-22,24-25H2,1-2H3,(H,55,56)(H,59,78)(H,60,83)(H,61,81)(H,62,79)(H,63,80)(H,64,84)(H,65,82)(H,72,73)(H,74,75)/t26-,27-,31+,32?,33?,34+,35+,36+,37?,38+,39+,42+,43+/m1/s1. The molecule has 0 bridgehead atoms. The van der Waals surface area contributed by atoms with Crippen molar-refractivity contribution in [1.29, 1.82) is 0 Å². The van der Waals surface area contributed by atoms with Crippen LogP contribution in [0, 0.1) is 0 Å². The fraction of sp³-hybridized carbons (Fsp3) is 0.593. The lowest BCUT2D eigenvalue weighted by atomic mass is 9.99. The summed E-state index contributed by atoms with van der Waals surface area (Å²) in [5.41, 5.74) is 0.540. The Balaban J connectivity index is 1.51. The highest BCUT2D eigenvalue weighted by atomic mass is 33.1. The second-order valence-corrected chi connectivity index (χ2v) is 24.7. The molecule has 9 amide bonds. The van der Waals surface area contributed by atoms with E-state index < -0.39 is 200 Å². The van der Waals surface area contributed by atoms with Crippen LogP contribution in [-0.2, 0) is 75.2 Å². The number of carbonyl (C=O) groups is 13. The van der Waals surface area contributed by atoms with Gasteiger partial charge in [0.25, 0.3) is 0 Å². The highest BCUT2D eigenvalue weighted by molar-refractivity contribution is 8.76. The number of hydrogen-bond acceptors (Lipinski definition) is 24. The van der Waals surface area contributed by atoms with Crippen molar-refractivity contribution in [2.75, 3.05) is 43.0 Å². The van der Waals surface area contributed by atoms with Gasteiger partial charge in [-0.15, -0.1) is 0 Å². The third-order valence-electron chi connectivity index (χ3n) is 14.9. The lowest BCUT2D eigenvalue weighted by Gasteiger charge is -2.34. The number of aliphatic hydroxyl groups is 3. The number of fused-ring (bicyclic) bond motifs is 2. The number of H-pyrrole nitrogens is 1. The van der Waals surface area contributed by atoms with Gasteiger partial charge in [0.2, 0.25) is 64.7 Å². The molecule has 1 aromatic carbocycles. The molecule has 3 aliphatic rings. The van der Waals surface area contributed by atoms with Gasteiger partial charge in [-0.05, 0) is 70.1 Å². The number of aliphatic hydroxyl groups excluding tert-OH is 3. The Morgan fingerprint density at radius 3 is 1.53 bits per heavy atom. The summed E-state index contributed by atoms with van der Waals surface area (Å²) in [6.45, 7) is 1.15. The van der Waals surface area contributed by atoms with Crippen molar-refractivity contribution >= 4 is 124 Å². The Morgan fingerprint density at radius 1 is 0.578 bits per heavy atom. The lowest BCUT2D eigenvalue weighted by molar-refractivity contribution is -0.150. The van der Waals surface area contributed by atoms with E-state index in [0.717, 1.165) is 33.4 Å². The van der Waals surface area contributed by atoms with Gasteiger partial charge in [0.05, 0.1) is 49.0 Å². The number of aliphatic carboxylic acids is 2. The van der Waals surface area contributed by atoms with E-state index >= 15 is 0 Å². The van der Waals surface area contributed by atoms with E-state index in [0.29, 0.717) is 12.0 Å². The van der Waals surface area contributed by atoms with Gasteiger partial charge in [-0.25, -0.2) is 4.98 Å². The van der Waals surface area contributed by atoms with Crippen LogP contribution in [0.3, 0.4) is 0 Å². The number of hydrogen-bond donors (Lipinski definition) is 18. The Bertz CT molecular complexity index is 2880. The second-order valence-electron chi connectivity index (χ2n) is 21.5. The molecule has 3 aliphatic heterocycles. The zero-order valence-corrected chi connectivity index (χ0v) is 52.5. The third-order valence-corrected chi connectivity index (χ3v) is 17.5. The number of imidazole rings is 1. The molecule has 3 unspecified atom stereocenters. The number of nitrogens with one attached hydrogen (secondary N) is 10. The summed E-state index contributed by atoms with van der Waals surface area (Å²) in [7, 11) is 2.24. The summed E-state index contributed by atoms with van der Waals surface area (Å²) in [5, 5.41) is 84.3. The van der Waals surface area contributed by atoms with E-state index in [9.17, 15) is 93.0 Å². The molecule has 1 aromatic heterocycles. The monoisotopic (exact) mass is 1340 g/mol. The van der Waals surface area contributed by atoms with Gasteiger partial charge in [0, 0.05) is 62.2 Å². The first-order chi connectivity index (χ1) is 42.8. The van der Waals surface area contributed by atoms with Crippen LogP contribution in [0.2, 0.25) is 0 Å². The smallest absolute Gasteiger partial charge is 0.303 e. The van der Waals surface area contributed by atoms with E-state index in [2.05, 4.69) is 83.1 Å². The average molecular weight is 1340 g/mol. The first kappa shape index (κ1) is 73.7. The fourth-order valence-electron chi connectivity index (χ4n) is 9.95. The van der Waals surface area contributed by atoms with Crippen LogP contribution in [0.25, 0.3) is 0 Å². The molecule has 32 nitrogen and oxygen atoms in total. The highest BCUT2D eigenvalue weighted by Crippen LogP contribution is 2.27. The van der Waals surface area contributed by atoms with Gasteiger partial charge in [0.1, 0.15) is 60.1 Å². The predicted octanol–water partition coefficient (Wildman–Crippen LogP) is -5.02. The number of carboxylic acids is 2. The molecule has 496 valence electrons. The maximum atomic E-state index is 14.6. The minimum Gasteiger partial charge on any atom is -0.508 e. The number of rotatable bonds is 15. The molecule has 0 aliphatic carbocycles. The van der Waals surface area contributed by atoms with Crippen molar-refractivity contribution < 1.29 is 93.0 Å². The number of ketones is 2. The number of Topliss-reactive ketones (excluding diaryl/α,β-unsaturated/α-hetero) is 2. The number of carbonyl (C=O) groups excluding carboxylic acids is 11. The quantitative estimate of drug-likeness (QED) is 0.0451. The highest BCUT2D eigenvalue weighted by Gasteiger charge is 2.46. The lowest BCUT2D eigenvalue weighted by Crippen LogP contribution is -2.62. The normalized spacial score (nSPS) is 27.5. The molecular weight excluding hydrogens is 1260 g/mol. The SMILES string of the molecule is C[C@@H](O)[C@@H]1NC(=O)[C@@H]2CCCN2C(=O)[C@@H]2CCCN2C(=O)[C@H]([C@@H](C)O)NC(=O)[C@H](CO)NC(=O)C(Cc2ccc(O)cc2)NC(=O)[C@H](Cc2cnc[nH]2)NC(=O)C(CCC(=O)O)NC(=O)[C@H](CCC(=O)O)NC(=O)C(CS)NCSSCN[C@@H](CS)C(=O)C1=O. The van der Waals surface area contributed by atoms with Gasteiger partial charge < -0.3 is 82.6 Å². The second kappa shape index (κ2) is 36.1. The molecule has 13 atom stereocenters. The summed E-state index contributed by atoms with van der Waals surface area (Å²) >= 11 is 8.48. The predicted molar refractivity (Wildman–Crippen MR) is 328 cm³/mol. The summed E-state index contributed by atoms with van der Waals surface area (Å²) in [6.07, 6.45) is -3.43. The Hall–Kier alpha value is -7.06. The van der Waals surface area contributed by atoms with Crippen molar-refractivity contribution in [2.24, 2.45) is 0 Å². The van der Waals surface area contributed by atoms with Gasteiger partial charge in [-0.2, -0.15) is 25.3 Å². The molecule has 2 aromatic rings. The van der Waals surface area contributed by atoms with Gasteiger partial charge >= 0.3 is 11.9 Å². The van der Waals surface area contributed by atoms with Crippen LogP contribution in [0.1, 0.15) is 76.5 Å². The van der Waals surface area contributed by atoms with Gasteiger partial charge in [-0.3, -0.25) is 73.0 Å². The van der Waals surface area contributed by atoms with Crippen molar-refractivity contribution in [3.63, 3.8) is 0 Å². The molecule has 90 heavy (non-hydrogen) atoms. The summed E-state index contributed by atoms with van der Waals surface area (Å²) in [6, 6.07) is -11.9. The van der Waals surface area contributed by atoms with Gasteiger partial charge in [0.15, 0.2) is 0 Å². The topological polar surface area (TPSA) is 487 Å². The van der Waals surface area contributed by atoms with Crippen molar-refractivity contribution in [3.05, 3.63) is 48.0 Å². The van der Waals surface area contributed by atoms with E-state index in [-0.39, 0.29) is 67.1 Å². The number of phenols is 1. The summed E-state index contributed by atoms with van der Waals surface area (Å²) in [5.74, 6) is -14.8. The number of aromatic amines is 1. The molecule has 4 heterocycles. The molecule has 0 saturated carbocycles. The molecule has 3 fully saturated rings. The van der Waals surface area contributed by atoms with E-state index in [4.69, 9.17) is 0 Å². The van der Waals surface area contributed by atoms with Crippen molar-refractivity contribution in [2.45, 2.75) is 157 Å². The number of amides is 9. The number of thiol groups is 2. The number of phenolic OH excluding ortho intramolecular Hbond substituents is 1. The van der Waals surface area contributed by atoms with E-state index in [1.54, 1.807) is 0 Å². The largest absolute Gasteiger partial charge is 0.508 e. The Morgan fingerprint density at radius 2 is 1.03 bits per heavy atom. The molecule has 5 rings (SSSR count). The number of carboxylic acid groups (broad SMARTS) is 2. The van der Waals surface area contributed by atoms with Crippen LogP contribution in [0.4, 0.5) is 0 Å². The van der Waals surface area contributed by atoms with Gasteiger partial charge in [-0.1, -0.05) is 33.7 Å². The van der Waals surface area contributed by atoms with Crippen LogP contribution in [0.5, 0.6) is 5.75 Å². The van der Waals surface area contributed by atoms with Crippen LogP contribution >= 0.6 is 46.8 Å². The van der Waals surface area contributed by atoms with Crippen LogP contribution < -0.4 is 47.9 Å². The molecular formula is C54H77N13O19S4. The summed E-state index contributed by atoms with van der Waals surface area (Å²) < 4.78 is 0. The Labute approximate surface area is 535 Å². The number of nitrogens with zero attached hydrogens (tertiary/aromatic N) is 3. The molecule has 0 radical (unpaired) electrons. The maximum Gasteiger partial charge on any atom is 0.303 e. The zero-order chi connectivity index (χ0) is 66.4. The van der Waals surface area contributed by atoms with Crippen LogP contribution in [0.15, 0.2) is 36.8 Å². The first-order valence-electron chi connectivity index (χ1n) is 28.7. The zero-order valence-electron chi connectivity index (χ0n) is 49.0. The van der Waals surface area contributed by atoms with Crippen molar-refractivity contribution in [1.82, 2.24) is 67.6 Å². The minimum absolute atomic E-state index is 0.00551. The minimum atomic E-state index is -1.92. The number of benzene rings is 1. The first-order valence-corrected chi connectivity index (χ1v) is 32.4. The molecule has 0 spiro atoms. The maximum absolute atomic E-state index is 14.6. The molecule has 36 heteroatoms. The summed E-state index contributed by atoms with van der Waals surface area (Å²) in [4.78, 5) is 188. The van der Waals surface area contributed by atoms with E-state index in [1.165, 1.54) is 48.6 Å². The number of aromatic hydroxyl groups is 1. The third kappa shape index (κ3) is 21.5. The van der Waals surface area contributed by atoms with Crippen molar-refractivity contribution in [3.8, 4) is 5.75 Å². The Kier molecular flexibility index (Phi) is 29.6. The van der Waals surface area contributed by atoms with Crippen LogP contribution in [-0.4, -0.2) is 249 Å². The number of aromatic nitrogens is 2. The average Bonchev–Trinajstić information content (AvgIpc) is 1.93. The molecule has 3 saturated heterocycles.